The normalized spacial score (nSPS) is 9.62. The number of nitro groups is 1. The van der Waals surface area contributed by atoms with Crippen LogP contribution in [0, 0.1) is 21.3 Å². The van der Waals surface area contributed by atoms with E-state index in [2.05, 4.69) is 0 Å². The van der Waals surface area contributed by atoms with Crippen molar-refractivity contribution in [3.8, 4) is 0 Å². The highest BCUT2D eigenvalue weighted by molar-refractivity contribution is 5.90. The molecule has 0 aliphatic carbocycles. The summed E-state index contributed by atoms with van der Waals surface area (Å²) in [5.74, 6) is -0.783. The largest absolute Gasteiger partial charge is 0.398 e. The van der Waals surface area contributed by atoms with Crippen LogP contribution in [0.4, 0.5) is 15.8 Å². The molecule has 0 radical (unpaired) electrons. The van der Waals surface area contributed by atoms with Crippen molar-refractivity contribution in [1.29, 1.82) is 5.41 Å². The lowest BCUT2D eigenvalue weighted by Gasteiger charge is -2.00. The van der Waals surface area contributed by atoms with Crippen LogP contribution in [-0.2, 0) is 0 Å². The maximum atomic E-state index is 12.6. The fraction of sp³-hybridized carbons (Fsp3) is 0. The molecule has 6 heteroatoms. The predicted octanol–water partition coefficient (Wildman–Crippen LogP) is 1.31. The van der Waals surface area contributed by atoms with Crippen LogP contribution in [0.1, 0.15) is 5.56 Å². The number of nitro benzene ring substituents is 1. The van der Waals surface area contributed by atoms with Gasteiger partial charge < -0.3 is 11.1 Å². The molecular formula is C7H6FN3O2. The van der Waals surface area contributed by atoms with Crippen LogP contribution in [0.5, 0.6) is 0 Å². The number of nitrogen functional groups attached to an aromatic ring is 1. The van der Waals surface area contributed by atoms with E-state index >= 15 is 0 Å². The molecule has 0 spiro atoms. The van der Waals surface area contributed by atoms with Gasteiger partial charge in [0.15, 0.2) is 0 Å². The van der Waals surface area contributed by atoms with Gasteiger partial charge in [-0.3, -0.25) is 10.1 Å². The quantitative estimate of drug-likeness (QED) is 0.313. The zero-order chi connectivity index (χ0) is 10.0. The van der Waals surface area contributed by atoms with E-state index in [0.717, 1.165) is 18.3 Å². The second-order valence-corrected chi connectivity index (χ2v) is 2.33. The average Bonchev–Trinajstić information content (AvgIpc) is 2.02. The maximum Gasteiger partial charge on any atom is 0.283 e. The molecule has 5 nitrogen and oxygen atoms in total. The minimum atomic E-state index is -0.783. The predicted molar refractivity (Wildman–Crippen MR) is 45.4 cm³/mol. The number of hydrogen-bond donors (Lipinski definition) is 2. The highest BCUT2D eigenvalue weighted by atomic mass is 19.1. The Morgan fingerprint density at radius 2 is 2.23 bits per heavy atom. The summed E-state index contributed by atoms with van der Waals surface area (Å²) < 4.78 is 12.6. The summed E-state index contributed by atoms with van der Waals surface area (Å²) in [4.78, 5) is 9.59. The molecule has 0 saturated heterocycles. The average molecular weight is 183 g/mol. The van der Waals surface area contributed by atoms with E-state index in [1.807, 2.05) is 0 Å². The third kappa shape index (κ3) is 1.61. The molecule has 3 N–H and O–H groups in total. The Hall–Kier alpha value is -1.98. The van der Waals surface area contributed by atoms with E-state index in [1.165, 1.54) is 0 Å². The van der Waals surface area contributed by atoms with Gasteiger partial charge >= 0.3 is 0 Å². The first-order chi connectivity index (χ1) is 6.06. The van der Waals surface area contributed by atoms with E-state index < -0.39 is 16.4 Å². The minimum absolute atomic E-state index is 0.0774. The zero-order valence-electron chi connectivity index (χ0n) is 6.45. The van der Waals surface area contributed by atoms with Crippen LogP contribution < -0.4 is 5.73 Å². The second kappa shape index (κ2) is 3.18. The van der Waals surface area contributed by atoms with E-state index in [1.54, 1.807) is 0 Å². The highest BCUT2D eigenvalue weighted by Gasteiger charge is 2.16. The molecule has 0 aliphatic rings. The topological polar surface area (TPSA) is 93.0 Å². The van der Waals surface area contributed by atoms with E-state index in [9.17, 15) is 14.5 Å². The van der Waals surface area contributed by atoms with Crippen molar-refractivity contribution in [3.05, 3.63) is 33.6 Å². The summed E-state index contributed by atoms with van der Waals surface area (Å²) in [6.07, 6.45) is 0.729. The van der Waals surface area contributed by atoms with Crippen molar-refractivity contribution in [3.63, 3.8) is 0 Å². The fourth-order valence-electron chi connectivity index (χ4n) is 0.933. The molecule has 68 valence electrons. The standard InChI is InChI=1S/C7H6FN3O2/c8-4-1-6(10)5(3-9)7(2-4)11(12)13/h1-3,9H,10H2. The van der Waals surface area contributed by atoms with Gasteiger partial charge in [-0.05, 0) is 6.07 Å². The molecule has 0 amide bonds. The number of hydrogen-bond acceptors (Lipinski definition) is 4. The van der Waals surface area contributed by atoms with Crippen molar-refractivity contribution in [1.82, 2.24) is 0 Å². The lowest BCUT2D eigenvalue weighted by molar-refractivity contribution is -0.385. The van der Waals surface area contributed by atoms with Gasteiger partial charge in [-0.25, -0.2) is 4.39 Å². The first-order valence-corrected chi connectivity index (χ1v) is 3.30. The molecule has 1 aromatic carbocycles. The van der Waals surface area contributed by atoms with Crippen LogP contribution in [0.15, 0.2) is 12.1 Å². The summed E-state index contributed by atoms with van der Waals surface area (Å²) >= 11 is 0. The molecule has 0 bridgehead atoms. The van der Waals surface area contributed by atoms with E-state index in [0.29, 0.717) is 0 Å². The van der Waals surface area contributed by atoms with Crippen LogP contribution in [-0.4, -0.2) is 11.1 Å². The summed E-state index contributed by atoms with van der Waals surface area (Å²) in [6.45, 7) is 0. The van der Waals surface area contributed by atoms with Crippen molar-refractivity contribution in [2.45, 2.75) is 0 Å². The fourth-order valence-corrected chi connectivity index (χ4v) is 0.933. The molecule has 0 aliphatic heterocycles. The molecular weight excluding hydrogens is 177 g/mol. The Morgan fingerprint density at radius 1 is 1.62 bits per heavy atom. The second-order valence-electron chi connectivity index (χ2n) is 2.33. The number of nitrogens with one attached hydrogen (secondary N) is 1. The van der Waals surface area contributed by atoms with Gasteiger partial charge in [0.1, 0.15) is 5.82 Å². The van der Waals surface area contributed by atoms with Crippen molar-refractivity contribution in [2.24, 2.45) is 0 Å². The first-order valence-electron chi connectivity index (χ1n) is 3.30. The summed E-state index contributed by atoms with van der Waals surface area (Å²) in [6, 6.07) is 1.67. The van der Waals surface area contributed by atoms with Gasteiger partial charge in [0.2, 0.25) is 0 Å². The SMILES string of the molecule is N=Cc1c(N)cc(F)cc1[N+](=O)[O-]. The van der Waals surface area contributed by atoms with E-state index in [4.69, 9.17) is 11.1 Å². The monoisotopic (exact) mass is 183 g/mol. The molecule has 0 saturated carbocycles. The Bertz CT molecular complexity index is 378. The third-order valence-corrected chi connectivity index (χ3v) is 1.50. The van der Waals surface area contributed by atoms with Gasteiger partial charge in [0.25, 0.3) is 5.69 Å². The first kappa shape index (κ1) is 9.11. The number of anilines is 1. The lowest BCUT2D eigenvalue weighted by atomic mass is 10.1. The summed E-state index contributed by atoms with van der Waals surface area (Å²) in [5, 5.41) is 17.2. The molecule has 1 aromatic rings. The van der Waals surface area contributed by atoms with Crippen LogP contribution >= 0.6 is 0 Å². The van der Waals surface area contributed by atoms with Gasteiger partial charge in [-0.15, -0.1) is 0 Å². The minimum Gasteiger partial charge on any atom is -0.398 e. The van der Waals surface area contributed by atoms with Crippen molar-refractivity contribution < 1.29 is 9.31 Å². The molecule has 0 atom stereocenters. The summed E-state index contributed by atoms with van der Waals surface area (Å²) in [7, 11) is 0. The van der Waals surface area contributed by atoms with Crippen LogP contribution in [0.2, 0.25) is 0 Å². The van der Waals surface area contributed by atoms with E-state index in [-0.39, 0.29) is 11.3 Å². The molecule has 0 unspecified atom stereocenters. The molecule has 0 heterocycles. The Kier molecular flexibility index (Phi) is 2.23. The van der Waals surface area contributed by atoms with Gasteiger partial charge in [0, 0.05) is 6.21 Å². The smallest absolute Gasteiger partial charge is 0.283 e. The molecule has 0 aromatic heterocycles. The molecule has 13 heavy (non-hydrogen) atoms. The zero-order valence-corrected chi connectivity index (χ0v) is 6.45. The number of benzene rings is 1. The van der Waals surface area contributed by atoms with Gasteiger partial charge in [0.05, 0.1) is 22.2 Å². The number of halogens is 1. The maximum absolute atomic E-state index is 12.6. The Morgan fingerprint density at radius 3 is 2.69 bits per heavy atom. The Balaban J connectivity index is 3.46. The molecule has 0 fully saturated rings. The third-order valence-electron chi connectivity index (χ3n) is 1.50. The van der Waals surface area contributed by atoms with Gasteiger partial charge in [-0.1, -0.05) is 0 Å². The number of nitrogens with two attached hydrogens (primary N) is 1. The van der Waals surface area contributed by atoms with Crippen molar-refractivity contribution in [2.75, 3.05) is 5.73 Å². The lowest BCUT2D eigenvalue weighted by Crippen LogP contribution is -2.00. The number of nitrogens with zero attached hydrogens (tertiary/aromatic N) is 1. The summed E-state index contributed by atoms with van der Waals surface area (Å²) in [5.41, 5.74) is 4.59. The van der Waals surface area contributed by atoms with Gasteiger partial charge in [-0.2, -0.15) is 0 Å². The number of rotatable bonds is 2. The highest BCUT2D eigenvalue weighted by Crippen LogP contribution is 2.23. The van der Waals surface area contributed by atoms with Crippen LogP contribution in [0.25, 0.3) is 0 Å². The van der Waals surface area contributed by atoms with Crippen molar-refractivity contribution >= 4 is 17.6 Å². The molecule has 1 rings (SSSR count). The Labute approximate surface area is 72.6 Å². The van der Waals surface area contributed by atoms with Crippen LogP contribution in [0.3, 0.4) is 0 Å².